The van der Waals surface area contributed by atoms with Crippen molar-refractivity contribution in [1.29, 1.82) is 0 Å². The molecule has 1 aromatic heterocycles. The molecule has 2 nitrogen and oxygen atoms in total. The fourth-order valence-corrected chi connectivity index (χ4v) is 2.55. The highest BCUT2D eigenvalue weighted by atomic mass is 32.1. The summed E-state index contributed by atoms with van der Waals surface area (Å²) in [6.45, 7) is 4.19. The lowest BCUT2D eigenvalue weighted by Crippen LogP contribution is -1.84. The summed E-state index contributed by atoms with van der Waals surface area (Å²) >= 11 is 1.59. The van der Waals surface area contributed by atoms with E-state index in [-0.39, 0.29) is 0 Å². The van der Waals surface area contributed by atoms with E-state index in [4.69, 9.17) is 5.11 Å². The van der Waals surface area contributed by atoms with Crippen molar-refractivity contribution in [2.75, 3.05) is 0 Å². The monoisotopic (exact) mass is 258 g/mol. The zero-order chi connectivity index (χ0) is 13.1. The molecule has 0 spiro atoms. The number of carboxylic acid groups (broad SMARTS) is 1. The molecule has 0 atom stereocenters. The number of hydrogen-bond donors (Lipinski definition) is 1. The summed E-state index contributed by atoms with van der Waals surface area (Å²) in [7, 11) is 0. The van der Waals surface area contributed by atoms with E-state index in [2.05, 4.69) is 32.0 Å². The Morgan fingerprint density at radius 3 is 2.61 bits per heavy atom. The lowest BCUT2D eigenvalue weighted by atomic mass is 10.1. The maximum absolute atomic E-state index is 10.4. The molecule has 1 heterocycles. The van der Waals surface area contributed by atoms with Crippen molar-refractivity contribution in [3.63, 3.8) is 0 Å². The fourth-order valence-electron chi connectivity index (χ4n) is 1.65. The molecule has 0 amide bonds. The Morgan fingerprint density at radius 2 is 1.94 bits per heavy atom. The van der Waals surface area contributed by atoms with Crippen LogP contribution in [0.25, 0.3) is 16.5 Å². The Balaban J connectivity index is 2.29. The summed E-state index contributed by atoms with van der Waals surface area (Å²) in [5.74, 6) is -0.920. The highest BCUT2D eigenvalue weighted by Gasteiger charge is 2.03. The van der Waals surface area contributed by atoms with E-state index in [0.29, 0.717) is 0 Å². The van der Waals surface area contributed by atoms with Crippen molar-refractivity contribution in [1.82, 2.24) is 0 Å². The molecule has 2 aromatic rings. The van der Waals surface area contributed by atoms with Crippen LogP contribution in [-0.4, -0.2) is 11.1 Å². The quantitative estimate of drug-likeness (QED) is 0.840. The maximum Gasteiger partial charge on any atom is 0.328 e. The van der Waals surface area contributed by atoms with Crippen LogP contribution in [0.15, 0.2) is 36.4 Å². The van der Waals surface area contributed by atoms with Gasteiger partial charge in [-0.25, -0.2) is 4.79 Å². The lowest BCUT2D eigenvalue weighted by Gasteiger charge is -2.02. The molecule has 1 aromatic carbocycles. The van der Waals surface area contributed by atoms with Crippen LogP contribution in [-0.2, 0) is 4.79 Å². The summed E-state index contributed by atoms with van der Waals surface area (Å²) < 4.78 is 0. The van der Waals surface area contributed by atoms with E-state index in [1.54, 1.807) is 17.4 Å². The summed E-state index contributed by atoms with van der Waals surface area (Å²) in [6.07, 6.45) is 2.79. The van der Waals surface area contributed by atoms with Crippen molar-refractivity contribution in [3.8, 4) is 10.4 Å². The average Bonchev–Trinajstić information content (AvgIpc) is 2.79. The van der Waals surface area contributed by atoms with Gasteiger partial charge in [0.05, 0.1) is 0 Å². The minimum atomic E-state index is -0.920. The van der Waals surface area contributed by atoms with Crippen LogP contribution >= 0.6 is 11.3 Å². The number of benzene rings is 1. The van der Waals surface area contributed by atoms with Gasteiger partial charge in [-0.1, -0.05) is 18.2 Å². The van der Waals surface area contributed by atoms with Gasteiger partial charge in [0.1, 0.15) is 0 Å². The van der Waals surface area contributed by atoms with Gasteiger partial charge in [-0.15, -0.1) is 11.3 Å². The van der Waals surface area contributed by atoms with Gasteiger partial charge >= 0.3 is 5.97 Å². The van der Waals surface area contributed by atoms with Crippen molar-refractivity contribution < 1.29 is 9.90 Å². The highest BCUT2D eigenvalue weighted by Crippen LogP contribution is 2.30. The number of aliphatic carboxylic acids is 1. The molecule has 0 aliphatic heterocycles. The van der Waals surface area contributed by atoms with Gasteiger partial charge in [0, 0.05) is 15.8 Å². The predicted octanol–water partition coefficient (Wildman–Crippen LogP) is 4.13. The zero-order valence-electron chi connectivity index (χ0n) is 10.3. The molecule has 18 heavy (non-hydrogen) atoms. The topological polar surface area (TPSA) is 37.3 Å². The summed E-state index contributed by atoms with van der Waals surface area (Å²) in [5.41, 5.74) is 3.72. The van der Waals surface area contributed by atoms with Gasteiger partial charge in [-0.2, -0.15) is 0 Å². The van der Waals surface area contributed by atoms with Crippen molar-refractivity contribution in [2.45, 2.75) is 13.8 Å². The third kappa shape index (κ3) is 2.87. The minimum absolute atomic E-state index is 0.920. The minimum Gasteiger partial charge on any atom is -0.478 e. The standard InChI is InChI=1S/C15H14O2S/c1-10-3-4-12(9-11(10)2)14-7-5-13(18-14)6-8-15(16)17/h3-9H,1-2H3,(H,16,17)/b8-6+. The van der Waals surface area contributed by atoms with Crippen LogP contribution in [0.5, 0.6) is 0 Å². The highest BCUT2D eigenvalue weighted by molar-refractivity contribution is 7.16. The second kappa shape index (κ2) is 5.19. The molecular formula is C15H14O2S. The van der Waals surface area contributed by atoms with E-state index in [0.717, 1.165) is 15.8 Å². The van der Waals surface area contributed by atoms with Crippen LogP contribution in [0.2, 0.25) is 0 Å². The number of thiophene rings is 1. The summed E-state index contributed by atoms with van der Waals surface area (Å²) in [4.78, 5) is 12.6. The van der Waals surface area contributed by atoms with E-state index in [1.807, 2.05) is 12.1 Å². The summed E-state index contributed by atoms with van der Waals surface area (Å²) in [5, 5.41) is 8.58. The molecular weight excluding hydrogens is 244 g/mol. The van der Waals surface area contributed by atoms with Crippen molar-refractivity contribution in [3.05, 3.63) is 52.4 Å². The largest absolute Gasteiger partial charge is 0.478 e. The second-order valence-corrected chi connectivity index (χ2v) is 5.29. The van der Waals surface area contributed by atoms with Crippen molar-refractivity contribution in [2.24, 2.45) is 0 Å². The van der Waals surface area contributed by atoms with Gasteiger partial charge in [0.2, 0.25) is 0 Å². The Morgan fingerprint density at radius 1 is 1.17 bits per heavy atom. The number of rotatable bonds is 3. The first-order valence-corrected chi connectivity index (χ1v) is 6.46. The zero-order valence-corrected chi connectivity index (χ0v) is 11.1. The molecule has 0 saturated heterocycles. The van der Waals surface area contributed by atoms with Crippen LogP contribution in [0.4, 0.5) is 0 Å². The van der Waals surface area contributed by atoms with Gasteiger partial charge in [0.15, 0.2) is 0 Å². The van der Waals surface area contributed by atoms with Crippen molar-refractivity contribution >= 4 is 23.4 Å². The summed E-state index contributed by atoms with van der Waals surface area (Å²) in [6, 6.07) is 10.3. The predicted molar refractivity (Wildman–Crippen MR) is 75.9 cm³/mol. The maximum atomic E-state index is 10.4. The molecule has 0 saturated carbocycles. The van der Waals surface area contributed by atoms with E-state index < -0.39 is 5.97 Å². The first-order valence-electron chi connectivity index (χ1n) is 5.65. The van der Waals surface area contributed by atoms with Gasteiger partial charge < -0.3 is 5.11 Å². The molecule has 0 bridgehead atoms. The van der Waals surface area contributed by atoms with Crippen LogP contribution in [0.3, 0.4) is 0 Å². The van der Waals surface area contributed by atoms with Crippen LogP contribution < -0.4 is 0 Å². The molecule has 0 unspecified atom stereocenters. The van der Waals surface area contributed by atoms with Gasteiger partial charge in [-0.05, 0) is 48.7 Å². The van der Waals surface area contributed by atoms with Gasteiger partial charge in [0.25, 0.3) is 0 Å². The molecule has 0 aliphatic rings. The molecule has 0 fully saturated rings. The van der Waals surface area contributed by atoms with E-state index >= 15 is 0 Å². The van der Waals surface area contributed by atoms with Crippen LogP contribution in [0, 0.1) is 13.8 Å². The second-order valence-electron chi connectivity index (χ2n) is 4.17. The molecule has 0 radical (unpaired) electrons. The van der Waals surface area contributed by atoms with E-state index in [1.165, 1.54) is 16.7 Å². The Bertz CT molecular complexity index is 609. The molecule has 92 valence electrons. The third-order valence-corrected chi connectivity index (χ3v) is 3.91. The first-order chi connectivity index (χ1) is 8.56. The number of aryl methyl sites for hydroxylation is 2. The SMILES string of the molecule is Cc1ccc(-c2ccc(/C=C/C(=O)O)s2)cc1C. The third-order valence-electron chi connectivity index (χ3n) is 2.81. The molecule has 3 heteroatoms. The van der Waals surface area contributed by atoms with E-state index in [9.17, 15) is 4.79 Å². The Kier molecular flexibility index (Phi) is 3.63. The van der Waals surface area contributed by atoms with Gasteiger partial charge in [-0.3, -0.25) is 0 Å². The van der Waals surface area contributed by atoms with Crippen LogP contribution in [0.1, 0.15) is 16.0 Å². The molecule has 1 N–H and O–H groups in total. The number of carbonyl (C=O) groups is 1. The Labute approximate surface area is 110 Å². The molecule has 0 aliphatic carbocycles. The average molecular weight is 258 g/mol. The number of hydrogen-bond acceptors (Lipinski definition) is 2. The molecule has 2 rings (SSSR count). The first kappa shape index (κ1) is 12.6. The fraction of sp³-hybridized carbons (Fsp3) is 0.133. The smallest absolute Gasteiger partial charge is 0.328 e. The normalized spacial score (nSPS) is 11.0. The number of carboxylic acids is 1. The Hall–Kier alpha value is -1.87. The lowest BCUT2D eigenvalue weighted by molar-refractivity contribution is -0.131.